The van der Waals surface area contributed by atoms with E-state index in [1.165, 1.54) is 0 Å². The van der Waals surface area contributed by atoms with Crippen molar-refractivity contribution in [3.8, 4) is 5.75 Å². The number of nitrogens with one attached hydrogen (secondary N) is 3. The van der Waals surface area contributed by atoms with Crippen molar-refractivity contribution in [3.63, 3.8) is 0 Å². The zero-order valence-corrected chi connectivity index (χ0v) is 18.2. The van der Waals surface area contributed by atoms with Crippen LogP contribution in [0, 0.1) is 5.92 Å². The highest BCUT2D eigenvalue weighted by molar-refractivity contribution is 5.99. The van der Waals surface area contributed by atoms with Gasteiger partial charge in [-0.1, -0.05) is 6.92 Å². The Balaban J connectivity index is 2.31. The van der Waals surface area contributed by atoms with Gasteiger partial charge in [0.25, 0.3) is 5.91 Å². The predicted octanol–water partition coefficient (Wildman–Crippen LogP) is 2.31. The smallest absolute Gasteiger partial charge is 0.319 e. The van der Waals surface area contributed by atoms with Crippen molar-refractivity contribution in [2.45, 2.75) is 45.9 Å². The molecule has 0 unspecified atom stereocenters. The van der Waals surface area contributed by atoms with Gasteiger partial charge in [-0.2, -0.15) is 0 Å². The number of nitrogens with zero attached hydrogens (tertiary/aromatic N) is 1. The fourth-order valence-corrected chi connectivity index (χ4v) is 3.17. The van der Waals surface area contributed by atoms with Crippen LogP contribution in [0.15, 0.2) is 18.2 Å². The van der Waals surface area contributed by atoms with E-state index in [-0.39, 0.29) is 36.0 Å². The number of likely N-dealkylation sites (N-methyl/N-ethyl adjacent to an activating group) is 1. The molecule has 0 aliphatic carbocycles. The van der Waals surface area contributed by atoms with Crippen molar-refractivity contribution in [2.24, 2.45) is 5.92 Å². The lowest BCUT2D eigenvalue weighted by atomic mass is 10.0. The molecule has 1 aromatic carbocycles. The number of hydrogen-bond donors (Lipinski definition) is 3. The van der Waals surface area contributed by atoms with Gasteiger partial charge in [-0.3, -0.25) is 4.79 Å². The van der Waals surface area contributed by atoms with Gasteiger partial charge in [-0.15, -0.1) is 0 Å². The summed E-state index contributed by atoms with van der Waals surface area (Å²) in [5, 5.41) is 8.99. The number of fused-ring (bicyclic) bond motifs is 1. The minimum absolute atomic E-state index is 0.0114. The van der Waals surface area contributed by atoms with Crippen LogP contribution in [0.2, 0.25) is 0 Å². The van der Waals surface area contributed by atoms with Gasteiger partial charge in [0.2, 0.25) is 0 Å². The van der Waals surface area contributed by atoms with E-state index in [2.05, 4.69) is 22.9 Å². The molecule has 1 aliphatic rings. The SMILES string of the molecule is CO[C@H]1CN(C)C(=O)c2cc(NC(=O)NC(C)C)ccc2OC[C@H](C)NC[C@H]1C. The molecular weight excluding hydrogens is 372 g/mol. The molecule has 0 spiro atoms. The van der Waals surface area contributed by atoms with Crippen LogP contribution in [0.4, 0.5) is 10.5 Å². The summed E-state index contributed by atoms with van der Waals surface area (Å²) >= 11 is 0. The number of benzene rings is 1. The molecule has 1 aliphatic heterocycles. The topological polar surface area (TPSA) is 91.9 Å². The lowest BCUT2D eigenvalue weighted by Crippen LogP contribution is -2.44. The standard InChI is InChI=1S/C21H34N4O4/c1-13(2)23-21(27)24-16-7-8-18-17(9-16)20(26)25(5)11-19(28-6)14(3)10-22-15(4)12-29-18/h7-9,13-15,19,22H,10-12H2,1-6H3,(H2,23,24,27)/t14-,15+,19+/m1/s1. The highest BCUT2D eigenvalue weighted by Crippen LogP contribution is 2.25. The van der Waals surface area contributed by atoms with Crippen molar-refractivity contribution in [3.05, 3.63) is 23.8 Å². The molecule has 0 saturated carbocycles. The van der Waals surface area contributed by atoms with Gasteiger partial charge in [0.15, 0.2) is 0 Å². The van der Waals surface area contributed by atoms with Gasteiger partial charge in [-0.05, 0) is 44.9 Å². The van der Waals surface area contributed by atoms with E-state index in [9.17, 15) is 9.59 Å². The summed E-state index contributed by atoms with van der Waals surface area (Å²) in [5.74, 6) is 0.542. The quantitative estimate of drug-likeness (QED) is 0.716. The fourth-order valence-electron chi connectivity index (χ4n) is 3.17. The van der Waals surface area contributed by atoms with Gasteiger partial charge in [-0.25, -0.2) is 4.79 Å². The van der Waals surface area contributed by atoms with E-state index < -0.39 is 0 Å². The number of rotatable bonds is 3. The minimum Gasteiger partial charge on any atom is -0.491 e. The number of hydrogen-bond acceptors (Lipinski definition) is 5. The van der Waals surface area contributed by atoms with E-state index in [0.29, 0.717) is 30.2 Å². The molecule has 8 heteroatoms. The average Bonchev–Trinajstić information content (AvgIpc) is 2.66. The molecular formula is C21H34N4O4. The molecule has 0 saturated heterocycles. The average molecular weight is 407 g/mol. The third-order valence-corrected chi connectivity index (χ3v) is 4.90. The Morgan fingerprint density at radius 3 is 2.72 bits per heavy atom. The molecule has 162 valence electrons. The number of carbonyl (C=O) groups is 2. The third-order valence-electron chi connectivity index (χ3n) is 4.90. The van der Waals surface area contributed by atoms with Gasteiger partial charge in [0.05, 0.1) is 11.7 Å². The van der Waals surface area contributed by atoms with Crippen molar-refractivity contribution in [1.29, 1.82) is 0 Å². The lowest BCUT2D eigenvalue weighted by molar-refractivity contribution is 0.0281. The maximum absolute atomic E-state index is 13.2. The third kappa shape index (κ3) is 6.61. The molecule has 29 heavy (non-hydrogen) atoms. The van der Waals surface area contributed by atoms with Gasteiger partial charge >= 0.3 is 6.03 Å². The highest BCUT2D eigenvalue weighted by Gasteiger charge is 2.25. The Morgan fingerprint density at radius 2 is 2.07 bits per heavy atom. The van der Waals surface area contributed by atoms with Crippen LogP contribution in [0.3, 0.4) is 0 Å². The van der Waals surface area contributed by atoms with E-state index in [1.54, 1.807) is 37.3 Å². The molecule has 3 N–H and O–H groups in total. The Labute approximate surface area is 173 Å². The number of ether oxygens (including phenoxy) is 2. The van der Waals surface area contributed by atoms with Crippen molar-refractivity contribution in [2.75, 3.05) is 39.2 Å². The largest absolute Gasteiger partial charge is 0.491 e. The van der Waals surface area contributed by atoms with Crippen molar-refractivity contribution in [1.82, 2.24) is 15.5 Å². The molecule has 3 amide bonds. The van der Waals surface area contributed by atoms with Crippen molar-refractivity contribution < 1.29 is 19.1 Å². The summed E-state index contributed by atoms with van der Waals surface area (Å²) in [7, 11) is 3.42. The summed E-state index contributed by atoms with van der Waals surface area (Å²) in [4.78, 5) is 26.8. The summed E-state index contributed by atoms with van der Waals surface area (Å²) in [6.07, 6.45) is -0.0921. The zero-order valence-electron chi connectivity index (χ0n) is 18.2. The predicted molar refractivity (Wildman–Crippen MR) is 114 cm³/mol. The molecule has 0 aromatic heterocycles. The van der Waals surface area contributed by atoms with Crippen LogP contribution in [0.25, 0.3) is 0 Å². The van der Waals surface area contributed by atoms with Crippen molar-refractivity contribution >= 4 is 17.6 Å². The number of amides is 3. The number of methoxy groups -OCH3 is 1. The van der Waals surface area contributed by atoms with Crippen LogP contribution >= 0.6 is 0 Å². The Bertz CT molecular complexity index is 710. The van der Waals surface area contributed by atoms with E-state index in [0.717, 1.165) is 6.54 Å². The molecule has 1 heterocycles. The van der Waals surface area contributed by atoms with E-state index >= 15 is 0 Å². The second-order valence-corrected chi connectivity index (χ2v) is 8.02. The maximum Gasteiger partial charge on any atom is 0.319 e. The second-order valence-electron chi connectivity index (χ2n) is 8.02. The first-order valence-electron chi connectivity index (χ1n) is 10.1. The van der Waals surface area contributed by atoms with Gasteiger partial charge < -0.3 is 30.3 Å². The first kappa shape index (κ1) is 23.0. The molecule has 2 rings (SSSR count). The molecule has 3 atom stereocenters. The number of anilines is 1. The number of carbonyl (C=O) groups excluding carboxylic acids is 2. The molecule has 0 bridgehead atoms. The molecule has 0 radical (unpaired) electrons. The van der Waals surface area contributed by atoms with E-state index in [4.69, 9.17) is 9.47 Å². The molecule has 1 aromatic rings. The Hall–Kier alpha value is -2.32. The van der Waals surface area contributed by atoms with Gasteiger partial charge in [0.1, 0.15) is 12.4 Å². The maximum atomic E-state index is 13.2. The normalized spacial score (nSPS) is 23.5. The molecule has 8 nitrogen and oxygen atoms in total. The van der Waals surface area contributed by atoms with Crippen LogP contribution in [-0.2, 0) is 4.74 Å². The highest BCUT2D eigenvalue weighted by atomic mass is 16.5. The Morgan fingerprint density at radius 1 is 1.34 bits per heavy atom. The summed E-state index contributed by atoms with van der Waals surface area (Å²) < 4.78 is 11.6. The fraction of sp³-hybridized carbons (Fsp3) is 0.619. The number of urea groups is 1. The van der Waals surface area contributed by atoms with Crippen LogP contribution in [0.5, 0.6) is 5.75 Å². The van der Waals surface area contributed by atoms with E-state index in [1.807, 2.05) is 20.8 Å². The molecule has 0 fully saturated rings. The summed E-state index contributed by atoms with van der Waals surface area (Å²) in [5.41, 5.74) is 0.937. The summed E-state index contributed by atoms with van der Waals surface area (Å²) in [6.45, 7) is 9.56. The van der Waals surface area contributed by atoms with Crippen LogP contribution in [-0.4, -0.2) is 68.9 Å². The monoisotopic (exact) mass is 406 g/mol. The van der Waals surface area contributed by atoms with Gasteiger partial charge in [0, 0.05) is 45.0 Å². The Kier molecular flexibility index (Phi) is 8.28. The second kappa shape index (κ2) is 10.5. The first-order chi connectivity index (χ1) is 13.7. The van der Waals surface area contributed by atoms with Crippen LogP contribution < -0.4 is 20.7 Å². The minimum atomic E-state index is -0.319. The first-order valence-corrected chi connectivity index (χ1v) is 10.1. The van der Waals surface area contributed by atoms with Crippen LogP contribution in [0.1, 0.15) is 38.1 Å². The zero-order chi connectivity index (χ0) is 21.6. The lowest BCUT2D eigenvalue weighted by Gasteiger charge is -2.30. The summed E-state index contributed by atoms with van der Waals surface area (Å²) in [6, 6.07) is 4.92.